The van der Waals surface area contributed by atoms with Crippen LogP contribution in [0.25, 0.3) is 0 Å². The number of carbonyl (C=O) groups excluding carboxylic acids is 2. The van der Waals surface area contributed by atoms with Gasteiger partial charge in [0.05, 0.1) is 18.7 Å². The molecule has 0 saturated heterocycles. The van der Waals surface area contributed by atoms with Crippen molar-refractivity contribution in [3.63, 3.8) is 0 Å². The Hall–Kier alpha value is -1.88. The average Bonchev–Trinajstić information content (AvgIpc) is 2.46. The molecule has 0 bridgehead atoms. The monoisotopic (exact) mass is 278 g/mol. The highest BCUT2D eigenvalue weighted by Crippen LogP contribution is 2.08. The van der Waals surface area contributed by atoms with E-state index in [0.29, 0.717) is 12.0 Å². The molecule has 110 valence electrons. The van der Waals surface area contributed by atoms with Crippen LogP contribution in [0.2, 0.25) is 0 Å². The number of aliphatic hydroxyl groups is 1. The van der Waals surface area contributed by atoms with E-state index in [-0.39, 0.29) is 25.0 Å². The third-order valence-electron chi connectivity index (χ3n) is 3.32. The maximum Gasteiger partial charge on any atom is 0.254 e. The molecule has 0 fully saturated rings. The maximum absolute atomic E-state index is 12.1. The van der Waals surface area contributed by atoms with Gasteiger partial charge in [0.2, 0.25) is 5.91 Å². The van der Waals surface area contributed by atoms with Crippen LogP contribution < -0.4 is 5.32 Å². The Morgan fingerprint density at radius 3 is 2.40 bits per heavy atom. The van der Waals surface area contributed by atoms with Crippen LogP contribution in [-0.4, -0.2) is 47.6 Å². The van der Waals surface area contributed by atoms with Gasteiger partial charge in [0.15, 0.2) is 0 Å². The molecule has 0 radical (unpaired) electrons. The van der Waals surface area contributed by atoms with Crippen molar-refractivity contribution in [3.8, 4) is 0 Å². The summed E-state index contributed by atoms with van der Waals surface area (Å²) in [5.74, 6) is -0.488. The molecule has 5 heteroatoms. The van der Waals surface area contributed by atoms with Crippen molar-refractivity contribution in [2.75, 3.05) is 20.2 Å². The summed E-state index contributed by atoms with van der Waals surface area (Å²) in [4.78, 5) is 25.3. The second-order valence-electron chi connectivity index (χ2n) is 5.15. The molecule has 1 atom stereocenters. The van der Waals surface area contributed by atoms with E-state index in [1.807, 2.05) is 13.0 Å². The van der Waals surface area contributed by atoms with Crippen LogP contribution in [0.15, 0.2) is 30.3 Å². The summed E-state index contributed by atoms with van der Waals surface area (Å²) in [7, 11) is 1.58. The van der Waals surface area contributed by atoms with E-state index in [0.717, 1.165) is 0 Å². The molecule has 0 heterocycles. The summed E-state index contributed by atoms with van der Waals surface area (Å²) in [5, 5.41) is 12.0. The zero-order valence-corrected chi connectivity index (χ0v) is 12.2. The fourth-order valence-electron chi connectivity index (χ4n) is 1.70. The lowest BCUT2D eigenvalue weighted by atomic mass is 10.0. The van der Waals surface area contributed by atoms with Crippen LogP contribution in [0.5, 0.6) is 0 Å². The molecule has 2 amide bonds. The highest BCUT2D eigenvalue weighted by molar-refractivity contribution is 5.96. The van der Waals surface area contributed by atoms with Crippen LogP contribution >= 0.6 is 0 Å². The molecule has 20 heavy (non-hydrogen) atoms. The molecule has 5 nitrogen and oxygen atoms in total. The Bertz CT molecular complexity index is 455. The molecular weight excluding hydrogens is 256 g/mol. The molecule has 1 unspecified atom stereocenters. The molecule has 2 N–H and O–H groups in total. The second kappa shape index (κ2) is 7.05. The largest absolute Gasteiger partial charge is 0.394 e. The SMILES string of the molecule is CCC(C)(CO)NC(=O)CN(C)C(=O)c1ccccc1. The normalized spacial score (nSPS) is 13.4. The van der Waals surface area contributed by atoms with Gasteiger partial charge in [-0.2, -0.15) is 0 Å². The minimum atomic E-state index is -0.645. The Labute approximate surface area is 119 Å². The van der Waals surface area contributed by atoms with E-state index in [1.54, 1.807) is 38.2 Å². The van der Waals surface area contributed by atoms with Crippen molar-refractivity contribution in [1.82, 2.24) is 10.2 Å². The number of benzene rings is 1. The molecule has 0 aliphatic heterocycles. The van der Waals surface area contributed by atoms with Gasteiger partial charge >= 0.3 is 0 Å². The number of hydrogen-bond acceptors (Lipinski definition) is 3. The zero-order valence-electron chi connectivity index (χ0n) is 12.2. The van der Waals surface area contributed by atoms with Crippen LogP contribution in [-0.2, 0) is 4.79 Å². The van der Waals surface area contributed by atoms with Crippen LogP contribution in [0.3, 0.4) is 0 Å². The van der Waals surface area contributed by atoms with E-state index in [1.165, 1.54) is 4.90 Å². The Balaban J connectivity index is 2.60. The predicted octanol–water partition coefficient (Wildman–Crippen LogP) is 1.04. The summed E-state index contributed by atoms with van der Waals surface area (Å²) in [6, 6.07) is 8.81. The van der Waals surface area contributed by atoms with E-state index < -0.39 is 5.54 Å². The topological polar surface area (TPSA) is 69.6 Å². The lowest BCUT2D eigenvalue weighted by molar-refractivity contribution is -0.123. The van der Waals surface area contributed by atoms with E-state index in [4.69, 9.17) is 0 Å². The minimum absolute atomic E-state index is 0.0384. The van der Waals surface area contributed by atoms with Gasteiger partial charge in [0.1, 0.15) is 0 Å². The van der Waals surface area contributed by atoms with Gasteiger partial charge < -0.3 is 15.3 Å². The zero-order chi connectivity index (χ0) is 15.2. The summed E-state index contributed by atoms with van der Waals surface area (Å²) in [5.41, 5.74) is -0.100. The van der Waals surface area contributed by atoms with Gasteiger partial charge in [-0.05, 0) is 25.5 Å². The first-order chi connectivity index (χ1) is 9.41. The van der Waals surface area contributed by atoms with Gasteiger partial charge in [0.25, 0.3) is 5.91 Å². The predicted molar refractivity (Wildman–Crippen MR) is 77.3 cm³/mol. The van der Waals surface area contributed by atoms with Crippen molar-refractivity contribution in [3.05, 3.63) is 35.9 Å². The summed E-state index contributed by atoms with van der Waals surface area (Å²) < 4.78 is 0. The second-order valence-corrected chi connectivity index (χ2v) is 5.15. The first kappa shape index (κ1) is 16.2. The van der Waals surface area contributed by atoms with Crippen LogP contribution in [0.1, 0.15) is 30.6 Å². The third-order valence-corrected chi connectivity index (χ3v) is 3.32. The Morgan fingerprint density at radius 2 is 1.90 bits per heavy atom. The highest BCUT2D eigenvalue weighted by Gasteiger charge is 2.24. The molecule has 0 aromatic heterocycles. The lowest BCUT2D eigenvalue weighted by Crippen LogP contribution is -2.51. The fourth-order valence-corrected chi connectivity index (χ4v) is 1.70. The van der Waals surface area contributed by atoms with E-state index >= 15 is 0 Å². The molecule has 0 spiro atoms. The number of nitrogens with one attached hydrogen (secondary N) is 1. The van der Waals surface area contributed by atoms with Crippen LogP contribution in [0.4, 0.5) is 0 Å². The van der Waals surface area contributed by atoms with Gasteiger partial charge in [0, 0.05) is 12.6 Å². The van der Waals surface area contributed by atoms with Crippen molar-refractivity contribution in [2.45, 2.75) is 25.8 Å². The van der Waals surface area contributed by atoms with Gasteiger partial charge in [-0.15, -0.1) is 0 Å². The van der Waals surface area contributed by atoms with E-state index in [9.17, 15) is 14.7 Å². The van der Waals surface area contributed by atoms with Crippen molar-refractivity contribution < 1.29 is 14.7 Å². The van der Waals surface area contributed by atoms with Crippen molar-refractivity contribution in [2.24, 2.45) is 0 Å². The molecule has 1 aromatic carbocycles. The quantitative estimate of drug-likeness (QED) is 0.816. The average molecular weight is 278 g/mol. The van der Waals surface area contributed by atoms with E-state index in [2.05, 4.69) is 5.32 Å². The number of aliphatic hydroxyl groups excluding tert-OH is 1. The van der Waals surface area contributed by atoms with Crippen molar-refractivity contribution in [1.29, 1.82) is 0 Å². The van der Waals surface area contributed by atoms with Gasteiger partial charge in [-0.3, -0.25) is 9.59 Å². The number of likely N-dealkylation sites (N-methyl/N-ethyl adjacent to an activating group) is 1. The Morgan fingerprint density at radius 1 is 1.30 bits per heavy atom. The number of amides is 2. The summed E-state index contributed by atoms with van der Waals surface area (Å²) >= 11 is 0. The number of carbonyl (C=O) groups is 2. The third kappa shape index (κ3) is 4.35. The lowest BCUT2D eigenvalue weighted by Gasteiger charge is -2.28. The molecule has 0 aliphatic rings. The van der Waals surface area contributed by atoms with Gasteiger partial charge in [-0.25, -0.2) is 0 Å². The maximum atomic E-state index is 12.1. The molecular formula is C15H22N2O3. The standard InChI is InChI=1S/C15H22N2O3/c1-4-15(2,11-18)16-13(19)10-17(3)14(20)12-8-6-5-7-9-12/h5-9,18H,4,10-11H2,1-3H3,(H,16,19). The summed E-state index contributed by atoms with van der Waals surface area (Å²) in [6.45, 7) is 3.48. The number of rotatable bonds is 6. The first-order valence-corrected chi connectivity index (χ1v) is 6.64. The van der Waals surface area contributed by atoms with Crippen LogP contribution in [0, 0.1) is 0 Å². The van der Waals surface area contributed by atoms with Gasteiger partial charge in [-0.1, -0.05) is 25.1 Å². The highest BCUT2D eigenvalue weighted by atomic mass is 16.3. The number of nitrogens with zero attached hydrogens (tertiary/aromatic N) is 1. The molecule has 1 rings (SSSR count). The van der Waals surface area contributed by atoms with Crippen molar-refractivity contribution >= 4 is 11.8 Å². The molecule has 1 aromatic rings. The smallest absolute Gasteiger partial charge is 0.254 e. The number of hydrogen-bond donors (Lipinski definition) is 2. The molecule has 0 aliphatic carbocycles. The summed E-state index contributed by atoms with van der Waals surface area (Å²) in [6.07, 6.45) is 0.617. The fraction of sp³-hybridized carbons (Fsp3) is 0.467. The first-order valence-electron chi connectivity index (χ1n) is 6.64. The Kier molecular flexibility index (Phi) is 5.70. The molecule has 0 saturated carbocycles. The minimum Gasteiger partial charge on any atom is -0.394 e.